The van der Waals surface area contributed by atoms with Crippen molar-refractivity contribution in [3.05, 3.63) is 84.6 Å². The Bertz CT molecular complexity index is 1370. The third kappa shape index (κ3) is 3.38. The van der Waals surface area contributed by atoms with Crippen LogP contribution in [0.2, 0.25) is 0 Å². The Balaban J connectivity index is 1.79. The summed E-state index contributed by atoms with van der Waals surface area (Å²) in [6.45, 7) is 2.08. The largest absolute Gasteiger partial charge is 0.508 e. The van der Waals surface area contributed by atoms with Crippen LogP contribution in [0.1, 0.15) is 12.5 Å². The average molecular weight is 408 g/mol. The Morgan fingerprint density at radius 3 is 2.03 bits per heavy atom. The number of hydrogen-bond acceptors (Lipinski definition) is 5. The van der Waals surface area contributed by atoms with Crippen LogP contribution in [0.3, 0.4) is 0 Å². The lowest BCUT2D eigenvalue weighted by atomic mass is 10.00. The van der Waals surface area contributed by atoms with Crippen molar-refractivity contribution in [3.63, 3.8) is 0 Å². The van der Waals surface area contributed by atoms with Crippen molar-refractivity contribution in [1.29, 1.82) is 0 Å². The van der Waals surface area contributed by atoms with E-state index in [0.717, 1.165) is 45.5 Å². The summed E-state index contributed by atoms with van der Waals surface area (Å²) in [4.78, 5) is 9.35. The summed E-state index contributed by atoms with van der Waals surface area (Å²) in [5, 5.41) is 24.4. The van der Waals surface area contributed by atoms with E-state index in [9.17, 15) is 10.2 Å². The van der Waals surface area contributed by atoms with Crippen LogP contribution in [-0.4, -0.2) is 30.0 Å². The second-order valence-electron chi connectivity index (χ2n) is 7.25. The molecule has 5 rings (SSSR count). The van der Waals surface area contributed by atoms with Crippen molar-refractivity contribution >= 4 is 11.0 Å². The topological polar surface area (TPSA) is 84.1 Å². The van der Waals surface area contributed by atoms with Gasteiger partial charge < -0.3 is 10.2 Å². The summed E-state index contributed by atoms with van der Waals surface area (Å²) in [6.07, 6.45) is 2.46. The second-order valence-corrected chi connectivity index (χ2v) is 7.25. The monoisotopic (exact) mass is 408 g/mol. The lowest BCUT2D eigenvalue weighted by Gasteiger charge is -2.09. The highest BCUT2D eigenvalue weighted by Crippen LogP contribution is 2.35. The molecule has 0 saturated heterocycles. The molecule has 31 heavy (non-hydrogen) atoms. The summed E-state index contributed by atoms with van der Waals surface area (Å²) < 4.78 is 1.81. The van der Waals surface area contributed by atoms with Crippen LogP contribution in [0, 0.1) is 0 Å². The molecule has 6 nitrogen and oxygen atoms in total. The second kappa shape index (κ2) is 7.57. The van der Waals surface area contributed by atoms with E-state index in [1.165, 1.54) is 0 Å². The highest BCUT2D eigenvalue weighted by molar-refractivity contribution is 5.78. The number of para-hydroxylation sites is 2. The molecule has 0 radical (unpaired) electrons. The van der Waals surface area contributed by atoms with Crippen LogP contribution >= 0.6 is 0 Å². The zero-order chi connectivity index (χ0) is 21.4. The number of nitrogens with zero attached hydrogens (tertiary/aromatic N) is 4. The average Bonchev–Trinajstić information content (AvgIpc) is 3.19. The maximum absolute atomic E-state index is 9.78. The van der Waals surface area contributed by atoms with Crippen LogP contribution in [0.4, 0.5) is 0 Å². The molecular weight excluding hydrogens is 388 g/mol. The summed E-state index contributed by atoms with van der Waals surface area (Å²) >= 11 is 0. The molecule has 0 bridgehead atoms. The molecule has 0 aliphatic rings. The Labute approximate surface area is 179 Å². The fourth-order valence-electron chi connectivity index (χ4n) is 3.77. The molecule has 0 spiro atoms. The van der Waals surface area contributed by atoms with E-state index in [1.807, 2.05) is 53.2 Å². The molecule has 0 unspecified atom stereocenters. The summed E-state index contributed by atoms with van der Waals surface area (Å²) in [7, 11) is 0. The molecule has 0 fully saturated rings. The quantitative estimate of drug-likeness (QED) is 0.431. The van der Waals surface area contributed by atoms with Gasteiger partial charge in [-0.15, -0.1) is 0 Å². The predicted octanol–water partition coefficient (Wildman–Crippen LogP) is 5.12. The van der Waals surface area contributed by atoms with Crippen molar-refractivity contribution in [2.24, 2.45) is 0 Å². The van der Waals surface area contributed by atoms with E-state index < -0.39 is 0 Å². The molecule has 6 heteroatoms. The first kappa shape index (κ1) is 18.8. The first-order valence-corrected chi connectivity index (χ1v) is 10.1. The van der Waals surface area contributed by atoms with Crippen molar-refractivity contribution in [2.45, 2.75) is 13.3 Å². The van der Waals surface area contributed by atoms with Gasteiger partial charge in [0.2, 0.25) is 0 Å². The minimum Gasteiger partial charge on any atom is -0.508 e. The van der Waals surface area contributed by atoms with E-state index in [2.05, 4.69) is 11.9 Å². The standard InChI is InChI=1S/C25H20N4O2/c1-2-20-24(16-7-11-18(30)12-8-16)28-29(25(20)17-9-13-19(31)14-10-17)23-15-26-21-5-3-4-6-22(21)27-23/h3-15,30-31H,2H2,1H3. The number of aromatic nitrogens is 4. The van der Waals surface area contributed by atoms with E-state index in [-0.39, 0.29) is 11.5 Å². The Hall–Kier alpha value is -4.19. The predicted molar refractivity (Wildman–Crippen MR) is 120 cm³/mol. The molecule has 5 aromatic rings. The van der Waals surface area contributed by atoms with Gasteiger partial charge in [-0.2, -0.15) is 5.10 Å². The number of benzene rings is 3. The van der Waals surface area contributed by atoms with Crippen molar-refractivity contribution in [2.75, 3.05) is 0 Å². The molecular formula is C25H20N4O2. The zero-order valence-electron chi connectivity index (χ0n) is 16.9. The van der Waals surface area contributed by atoms with Gasteiger partial charge in [-0.25, -0.2) is 9.67 Å². The van der Waals surface area contributed by atoms with E-state index in [1.54, 1.807) is 30.5 Å². The molecule has 3 aromatic carbocycles. The summed E-state index contributed by atoms with van der Waals surface area (Å²) in [5.41, 5.74) is 6.20. The smallest absolute Gasteiger partial charge is 0.173 e. The Morgan fingerprint density at radius 1 is 0.774 bits per heavy atom. The van der Waals surface area contributed by atoms with Crippen LogP contribution < -0.4 is 0 Å². The van der Waals surface area contributed by atoms with Gasteiger partial charge in [0.15, 0.2) is 5.82 Å². The number of aromatic hydroxyl groups is 2. The van der Waals surface area contributed by atoms with Crippen LogP contribution in [0.5, 0.6) is 11.5 Å². The van der Waals surface area contributed by atoms with Gasteiger partial charge in [0.05, 0.1) is 28.6 Å². The summed E-state index contributed by atoms with van der Waals surface area (Å²) in [6, 6.07) is 21.8. The van der Waals surface area contributed by atoms with Crippen LogP contribution in [0.25, 0.3) is 39.4 Å². The number of fused-ring (bicyclic) bond motifs is 1. The van der Waals surface area contributed by atoms with E-state index >= 15 is 0 Å². The fraction of sp³-hybridized carbons (Fsp3) is 0.0800. The van der Waals surface area contributed by atoms with Gasteiger partial charge in [0, 0.05) is 16.7 Å². The minimum atomic E-state index is 0.206. The van der Waals surface area contributed by atoms with Gasteiger partial charge in [0.25, 0.3) is 0 Å². The number of phenolic OH excluding ortho intramolecular Hbond substituents is 2. The fourth-order valence-corrected chi connectivity index (χ4v) is 3.77. The molecule has 152 valence electrons. The lowest BCUT2D eigenvalue weighted by Crippen LogP contribution is -2.03. The maximum Gasteiger partial charge on any atom is 0.173 e. The van der Waals surface area contributed by atoms with Crippen molar-refractivity contribution < 1.29 is 10.2 Å². The molecule has 0 atom stereocenters. The summed E-state index contributed by atoms with van der Waals surface area (Å²) in [5.74, 6) is 1.03. The highest BCUT2D eigenvalue weighted by atomic mass is 16.3. The van der Waals surface area contributed by atoms with E-state index in [4.69, 9.17) is 10.1 Å². The van der Waals surface area contributed by atoms with Gasteiger partial charge in [-0.1, -0.05) is 19.1 Å². The first-order chi connectivity index (χ1) is 15.1. The molecule has 0 amide bonds. The SMILES string of the molecule is CCc1c(-c2ccc(O)cc2)nn(-c2cnc3ccccc3n2)c1-c1ccc(O)cc1. The van der Waals surface area contributed by atoms with Gasteiger partial charge in [-0.05, 0) is 67.1 Å². The number of rotatable bonds is 4. The molecule has 2 aromatic heterocycles. The molecule has 2 N–H and O–H groups in total. The Kier molecular flexibility index (Phi) is 4.59. The van der Waals surface area contributed by atoms with Crippen LogP contribution in [0.15, 0.2) is 79.0 Å². The maximum atomic E-state index is 9.78. The Morgan fingerprint density at radius 2 is 1.39 bits per heavy atom. The van der Waals surface area contributed by atoms with Gasteiger partial charge in [0.1, 0.15) is 11.5 Å². The number of hydrogen-bond donors (Lipinski definition) is 2. The van der Waals surface area contributed by atoms with E-state index in [0.29, 0.717) is 5.82 Å². The lowest BCUT2D eigenvalue weighted by molar-refractivity contribution is 0.475. The zero-order valence-corrected chi connectivity index (χ0v) is 16.9. The van der Waals surface area contributed by atoms with Crippen molar-refractivity contribution in [3.8, 4) is 39.8 Å². The molecule has 2 heterocycles. The third-order valence-corrected chi connectivity index (χ3v) is 5.27. The van der Waals surface area contributed by atoms with Gasteiger partial charge in [-0.3, -0.25) is 4.98 Å². The molecule has 0 saturated carbocycles. The minimum absolute atomic E-state index is 0.206. The first-order valence-electron chi connectivity index (χ1n) is 10.1. The van der Waals surface area contributed by atoms with Crippen LogP contribution in [-0.2, 0) is 6.42 Å². The number of phenols is 2. The molecule has 0 aliphatic carbocycles. The third-order valence-electron chi connectivity index (χ3n) is 5.27. The normalized spacial score (nSPS) is 11.1. The highest BCUT2D eigenvalue weighted by Gasteiger charge is 2.21. The van der Waals surface area contributed by atoms with Crippen molar-refractivity contribution in [1.82, 2.24) is 19.7 Å². The molecule has 0 aliphatic heterocycles. The van der Waals surface area contributed by atoms with Gasteiger partial charge >= 0.3 is 0 Å².